The third-order valence-corrected chi connectivity index (χ3v) is 13.1. The van der Waals surface area contributed by atoms with Gasteiger partial charge in [0.15, 0.2) is 5.78 Å². The first-order valence-corrected chi connectivity index (χ1v) is 15.7. The van der Waals surface area contributed by atoms with Gasteiger partial charge >= 0.3 is 0 Å². The Labute approximate surface area is 243 Å². The molecule has 0 radical (unpaired) electrons. The second-order valence-electron chi connectivity index (χ2n) is 16.6. The molecule has 0 N–H and O–H groups in total. The van der Waals surface area contributed by atoms with E-state index in [4.69, 9.17) is 9.47 Å². The molecule has 0 spiro atoms. The van der Waals surface area contributed by atoms with Gasteiger partial charge in [-0.25, -0.2) is 0 Å². The largest absolute Gasteiger partial charge is 0.353 e. The van der Waals surface area contributed by atoms with E-state index in [1.165, 1.54) is 12.8 Å². The summed E-state index contributed by atoms with van der Waals surface area (Å²) in [7, 11) is 0. The molecule has 0 aromatic carbocycles. The highest BCUT2D eigenvalue weighted by Crippen LogP contribution is 2.68. The molecule has 3 aliphatic carbocycles. The van der Waals surface area contributed by atoms with E-state index in [1.54, 1.807) is 6.92 Å². The highest BCUT2D eigenvalue weighted by Gasteiger charge is 2.63. The van der Waals surface area contributed by atoms with E-state index in [-0.39, 0.29) is 51.3 Å². The SMILES string of the molecule is CC(=O)C[C@@H]1[C@@]2(C)C=C(C#N)C(=O)C(C)(C)[C@@H]2CC[C@@]1(C)C(C)(C)CC[C@@]1(C2COCO2)CCC(C)(C)CC1C. The van der Waals surface area contributed by atoms with Gasteiger partial charge in [-0.3, -0.25) is 4.79 Å². The first-order chi connectivity index (χ1) is 18.4. The number of ether oxygens (including phenoxy) is 2. The Morgan fingerprint density at radius 2 is 1.80 bits per heavy atom. The second-order valence-corrected chi connectivity index (χ2v) is 16.6. The molecule has 5 heteroatoms. The number of hydrogen-bond acceptors (Lipinski definition) is 5. The van der Waals surface area contributed by atoms with Crippen LogP contribution in [0.1, 0.15) is 121 Å². The summed E-state index contributed by atoms with van der Waals surface area (Å²) in [6.07, 6.45) is 10.2. The molecule has 7 atom stereocenters. The number of nitriles is 1. The van der Waals surface area contributed by atoms with Crippen LogP contribution in [0.5, 0.6) is 0 Å². The van der Waals surface area contributed by atoms with Gasteiger partial charge in [0, 0.05) is 17.3 Å². The molecule has 0 amide bonds. The number of hydrogen-bond donors (Lipinski definition) is 0. The van der Waals surface area contributed by atoms with Crippen LogP contribution in [-0.2, 0) is 19.1 Å². The van der Waals surface area contributed by atoms with Crippen molar-refractivity contribution in [3.8, 4) is 6.07 Å². The summed E-state index contributed by atoms with van der Waals surface area (Å²) in [5.41, 5.74) is -0.516. The molecule has 0 aromatic heterocycles. The van der Waals surface area contributed by atoms with Crippen molar-refractivity contribution >= 4 is 11.6 Å². The fourth-order valence-electron chi connectivity index (χ4n) is 10.2. The molecule has 4 aliphatic rings. The molecule has 4 rings (SSSR count). The zero-order valence-electron chi connectivity index (χ0n) is 27.0. The van der Waals surface area contributed by atoms with Crippen molar-refractivity contribution in [1.82, 2.24) is 0 Å². The number of fused-ring (bicyclic) bond motifs is 1. The summed E-state index contributed by atoms with van der Waals surface area (Å²) in [6.45, 7) is 23.5. The van der Waals surface area contributed by atoms with Crippen LogP contribution in [0, 0.1) is 61.6 Å². The Bertz CT molecular complexity index is 1090. The first-order valence-electron chi connectivity index (χ1n) is 15.7. The molecular weight excluding hydrogens is 498 g/mol. The normalized spacial score (nSPS) is 41.1. The van der Waals surface area contributed by atoms with Crippen LogP contribution in [0.2, 0.25) is 0 Å². The zero-order chi connectivity index (χ0) is 29.9. The Balaban J connectivity index is 1.72. The van der Waals surface area contributed by atoms with Crippen LogP contribution in [0.4, 0.5) is 0 Å². The van der Waals surface area contributed by atoms with E-state index in [0.717, 1.165) is 32.1 Å². The summed E-state index contributed by atoms with van der Waals surface area (Å²) in [5, 5.41) is 9.95. The van der Waals surface area contributed by atoms with Crippen molar-refractivity contribution in [3.63, 3.8) is 0 Å². The Morgan fingerprint density at radius 3 is 2.35 bits per heavy atom. The van der Waals surface area contributed by atoms with E-state index in [2.05, 4.69) is 54.5 Å². The first kappa shape index (κ1) is 31.4. The minimum absolute atomic E-state index is 0.0446. The molecule has 1 heterocycles. The molecule has 0 bridgehead atoms. The van der Waals surface area contributed by atoms with Crippen molar-refractivity contribution < 1.29 is 19.1 Å². The monoisotopic (exact) mass is 553 g/mol. The number of carbonyl (C=O) groups excluding carboxylic acids is 2. The topological polar surface area (TPSA) is 76.4 Å². The van der Waals surface area contributed by atoms with E-state index >= 15 is 0 Å². The zero-order valence-corrected chi connectivity index (χ0v) is 27.0. The summed E-state index contributed by atoms with van der Waals surface area (Å²) in [6, 6.07) is 2.22. The maximum absolute atomic E-state index is 13.3. The van der Waals surface area contributed by atoms with Gasteiger partial charge in [-0.1, -0.05) is 68.4 Å². The maximum atomic E-state index is 13.3. The van der Waals surface area contributed by atoms with Gasteiger partial charge in [-0.05, 0) is 91.3 Å². The Hall–Kier alpha value is -1.51. The maximum Gasteiger partial charge on any atom is 0.178 e. The number of rotatable bonds is 7. The van der Waals surface area contributed by atoms with E-state index in [1.807, 2.05) is 19.9 Å². The molecule has 3 fully saturated rings. The molecule has 2 unspecified atom stereocenters. The van der Waals surface area contributed by atoms with Crippen molar-refractivity contribution in [2.45, 2.75) is 127 Å². The Kier molecular flexibility index (Phi) is 8.12. The van der Waals surface area contributed by atoms with Crippen LogP contribution >= 0.6 is 0 Å². The van der Waals surface area contributed by atoms with Gasteiger partial charge in [-0.15, -0.1) is 0 Å². The fourth-order valence-corrected chi connectivity index (χ4v) is 10.2. The lowest BCUT2D eigenvalue weighted by molar-refractivity contribution is -0.158. The van der Waals surface area contributed by atoms with Crippen LogP contribution < -0.4 is 0 Å². The van der Waals surface area contributed by atoms with Gasteiger partial charge in [0.1, 0.15) is 18.6 Å². The highest BCUT2D eigenvalue weighted by atomic mass is 16.7. The third kappa shape index (κ3) is 4.94. The second kappa shape index (κ2) is 10.3. The van der Waals surface area contributed by atoms with Gasteiger partial charge in [0.2, 0.25) is 0 Å². The average molecular weight is 554 g/mol. The predicted molar refractivity (Wildman–Crippen MR) is 158 cm³/mol. The molecule has 5 nitrogen and oxygen atoms in total. The number of allylic oxidation sites excluding steroid dienone is 2. The number of carbonyl (C=O) groups is 2. The summed E-state index contributed by atoms with van der Waals surface area (Å²) < 4.78 is 12.0. The number of nitrogens with zero attached hydrogens (tertiary/aromatic N) is 1. The molecule has 2 saturated carbocycles. The predicted octanol–water partition coefficient (Wildman–Crippen LogP) is 8.08. The van der Waals surface area contributed by atoms with Gasteiger partial charge in [0.05, 0.1) is 18.3 Å². The van der Waals surface area contributed by atoms with Crippen LogP contribution in [-0.4, -0.2) is 31.1 Å². The molecule has 0 aromatic rings. The highest BCUT2D eigenvalue weighted by molar-refractivity contribution is 6.04. The summed E-state index contributed by atoms with van der Waals surface area (Å²) >= 11 is 0. The van der Waals surface area contributed by atoms with E-state index in [0.29, 0.717) is 31.2 Å². The lowest BCUT2D eigenvalue weighted by atomic mass is 9.39. The number of Topliss-reactive ketones (excluding diaryl/α,β-unsaturated/α-hetero) is 2. The minimum Gasteiger partial charge on any atom is -0.353 e. The third-order valence-electron chi connectivity index (χ3n) is 13.1. The fraction of sp³-hybridized carbons (Fsp3) is 0.857. The molecule has 1 aliphatic heterocycles. The lowest BCUT2D eigenvalue weighted by Crippen LogP contribution is -2.60. The lowest BCUT2D eigenvalue weighted by Gasteiger charge is -2.64. The van der Waals surface area contributed by atoms with Gasteiger partial charge in [0.25, 0.3) is 0 Å². The number of ketones is 2. The van der Waals surface area contributed by atoms with Crippen molar-refractivity contribution in [1.29, 1.82) is 5.26 Å². The molecular formula is C35H55NO4. The van der Waals surface area contributed by atoms with Gasteiger partial charge < -0.3 is 14.3 Å². The minimum atomic E-state index is -0.622. The summed E-state index contributed by atoms with van der Waals surface area (Å²) in [4.78, 5) is 26.2. The summed E-state index contributed by atoms with van der Waals surface area (Å²) in [5.74, 6) is 0.836. The van der Waals surface area contributed by atoms with E-state index < -0.39 is 10.8 Å². The van der Waals surface area contributed by atoms with Gasteiger partial charge in [-0.2, -0.15) is 5.26 Å². The molecule has 40 heavy (non-hydrogen) atoms. The quantitative estimate of drug-likeness (QED) is 0.318. The van der Waals surface area contributed by atoms with E-state index in [9.17, 15) is 14.9 Å². The smallest absolute Gasteiger partial charge is 0.178 e. The van der Waals surface area contributed by atoms with Crippen LogP contribution in [0.25, 0.3) is 0 Å². The standard InChI is InChI=1S/C35H55NO4/c1-23-18-30(3,4)13-15-35(23,28-21-39-22-40-28)16-14-31(5,6)34(10)12-11-26-32(7,8)29(38)25(20-36)19-33(26,9)27(34)17-24(2)37/h19,23,26-28H,11-18,21-22H2,1-10H3/t23?,26-,27+,28?,33-,34+,35-/m0/s1. The van der Waals surface area contributed by atoms with Crippen molar-refractivity contribution in [2.75, 3.05) is 13.4 Å². The van der Waals surface area contributed by atoms with Crippen LogP contribution in [0.3, 0.4) is 0 Å². The average Bonchev–Trinajstić information content (AvgIpc) is 3.38. The Morgan fingerprint density at radius 1 is 1.12 bits per heavy atom. The molecule has 1 saturated heterocycles. The van der Waals surface area contributed by atoms with Crippen molar-refractivity contribution in [3.05, 3.63) is 11.6 Å². The molecule has 224 valence electrons. The van der Waals surface area contributed by atoms with Crippen molar-refractivity contribution in [2.24, 2.45) is 50.2 Å². The van der Waals surface area contributed by atoms with Crippen LogP contribution in [0.15, 0.2) is 11.6 Å².